The highest BCUT2D eigenvalue weighted by atomic mass is 32.2. The zero-order valence-corrected chi connectivity index (χ0v) is 17.1. The number of aryl methyl sites for hydroxylation is 1. The lowest BCUT2D eigenvalue weighted by atomic mass is 9.94. The predicted molar refractivity (Wildman–Crippen MR) is 107 cm³/mol. The average Bonchev–Trinajstić information content (AvgIpc) is 2.64. The summed E-state index contributed by atoms with van der Waals surface area (Å²) in [5.41, 5.74) is 1.15. The van der Waals surface area contributed by atoms with Gasteiger partial charge in [-0.15, -0.1) is 0 Å². The van der Waals surface area contributed by atoms with E-state index in [1.807, 2.05) is 0 Å². The molecule has 0 aliphatic carbocycles. The van der Waals surface area contributed by atoms with Crippen molar-refractivity contribution in [3.63, 3.8) is 0 Å². The molecule has 1 heterocycles. The topological polar surface area (TPSA) is 66.5 Å². The molecule has 1 saturated heterocycles. The smallest absolute Gasteiger partial charge is 0.255 e. The van der Waals surface area contributed by atoms with E-state index in [1.54, 1.807) is 19.1 Å². The second-order valence-electron chi connectivity index (χ2n) is 7.71. The molecule has 1 aliphatic rings. The Morgan fingerprint density at radius 3 is 2.25 bits per heavy atom. The summed E-state index contributed by atoms with van der Waals surface area (Å²) in [7, 11) is -3.59. The van der Waals surface area contributed by atoms with Crippen LogP contribution in [0, 0.1) is 24.6 Å². The molecule has 2 aromatic rings. The molecule has 1 aliphatic heterocycles. The van der Waals surface area contributed by atoms with Gasteiger partial charge < -0.3 is 5.32 Å². The first kappa shape index (κ1) is 20.5. The molecule has 1 N–H and O–H groups in total. The molecule has 1 amide bonds. The highest BCUT2D eigenvalue weighted by molar-refractivity contribution is 7.89. The van der Waals surface area contributed by atoms with Gasteiger partial charge >= 0.3 is 0 Å². The minimum Gasteiger partial charge on any atom is -0.322 e. The van der Waals surface area contributed by atoms with Gasteiger partial charge in [-0.05, 0) is 67.1 Å². The van der Waals surface area contributed by atoms with Crippen LogP contribution >= 0.6 is 0 Å². The van der Waals surface area contributed by atoms with E-state index in [9.17, 15) is 17.6 Å². The lowest BCUT2D eigenvalue weighted by Crippen LogP contribution is -2.42. The molecule has 150 valence electrons. The van der Waals surface area contributed by atoms with Crippen LogP contribution in [0.3, 0.4) is 0 Å². The molecule has 3 rings (SSSR count). The monoisotopic (exact) mass is 404 g/mol. The van der Waals surface area contributed by atoms with Crippen LogP contribution in [0.1, 0.15) is 36.2 Å². The van der Waals surface area contributed by atoms with Crippen molar-refractivity contribution in [3.8, 4) is 0 Å². The number of benzene rings is 2. The number of nitrogens with one attached hydrogen (secondary N) is 1. The van der Waals surface area contributed by atoms with E-state index in [0.29, 0.717) is 41.7 Å². The van der Waals surface area contributed by atoms with Gasteiger partial charge in [-0.25, -0.2) is 12.8 Å². The zero-order valence-electron chi connectivity index (χ0n) is 16.3. The van der Waals surface area contributed by atoms with Crippen molar-refractivity contribution < 1.29 is 17.6 Å². The number of carbonyl (C=O) groups is 1. The van der Waals surface area contributed by atoms with E-state index in [2.05, 4.69) is 19.2 Å². The predicted octanol–water partition coefficient (Wildman–Crippen LogP) is 4.05. The number of halogens is 1. The third-order valence-corrected chi connectivity index (χ3v) is 6.87. The van der Waals surface area contributed by atoms with Gasteiger partial charge in [-0.3, -0.25) is 4.79 Å². The number of rotatable bonds is 4. The van der Waals surface area contributed by atoms with Crippen molar-refractivity contribution in [3.05, 3.63) is 59.4 Å². The quantitative estimate of drug-likeness (QED) is 0.836. The molecular weight excluding hydrogens is 379 g/mol. The SMILES string of the molecule is Cc1ccc(NC(=O)c2ccc(S(=O)(=O)N3C[C@@H](C)C[C@H](C)C3)cc2)cc1F. The van der Waals surface area contributed by atoms with E-state index >= 15 is 0 Å². The first-order valence-electron chi connectivity index (χ1n) is 9.34. The Bertz CT molecular complexity index is 964. The third-order valence-electron chi connectivity index (χ3n) is 5.02. The number of amides is 1. The molecular formula is C21H25FN2O3S. The highest BCUT2D eigenvalue weighted by Crippen LogP contribution is 2.27. The normalized spacial score (nSPS) is 20.7. The zero-order chi connectivity index (χ0) is 20.5. The first-order chi connectivity index (χ1) is 13.2. The van der Waals surface area contributed by atoms with E-state index in [-0.39, 0.29) is 4.90 Å². The average molecular weight is 405 g/mol. The summed E-state index contributed by atoms with van der Waals surface area (Å²) in [5, 5.41) is 2.62. The minimum absolute atomic E-state index is 0.173. The summed E-state index contributed by atoms with van der Waals surface area (Å²) < 4.78 is 41.0. The van der Waals surface area contributed by atoms with Gasteiger partial charge in [-0.2, -0.15) is 4.31 Å². The maximum absolute atomic E-state index is 13.6. The van der Waals surface area contributed by atoms with Crippen LogP contribution < -0.4 is 5.32 Å². The molecule has 5 nitrogen and oxygen atoms in total. The van der Waals surface area contributed by atoms with Gasteiger partial charge in [-0.1, -0.05) is 19.9 Å². The fourth-order valence-corrected chi connectivity index (χ4v) is 5.28. The van der Waals surface area contributed by atoms with Crippen LogP contribution in [0.25, 0.3) is 0 Å². The summed E-state index contributed by atoms with van der Waals surface area (Å²) in [5.74, 6) is -0.186. The fraction of sp³-hybridized carbons (Fsp3) is 0.381. The van der Waals surface area contributed by atoms with Gasteiger partial charge in [0.2, 0.25) is 10.0 Å². The van der Waals surface area contributed by atoms with E-state index < -0.39 is 21.7 Å². The van der Waals surface area contributed by atoms with Crippen molar-refractivity contribution in [2.24, 2.45) is 11.8 Å². The summed E-state index contributed by atoms with van der Waals surface area (Å²) in [6.07, 6.45) is 1.02. The Kier molecular flexibility index (Phi) is 5.86. The number of hydrogen-bond acceptors (Lipinski definition) is 3. The molecule has 0 saturated carbocycles. The number of nitrogens with zero attached hydrogens (tertiary/aromatic N) is 1. The first-order valence-corrected chi connectivity index (χ1v) is 10.8. The van der Waals surface area contributed by atoms with E-state index in [0.717, 1.165) is 6.42 Å². The number of hydrogen-bond donors (Lipinski definition) is 1. The van der Waals surface area contributed by atoms with Gasteiger partial charge in [0.05, 0.1) is 4.90 Å². The standard InChI is InChI=1S/C21H25FN2O3S/c1-14-10-15(2)13-24(12-14)28(26,27)19-8-5-17(6-9-19)21(25)23-18-7-4-16(3)20(22)11-18/h4-9,11,14-15H,10,12-13H2,1-3H3,(H,23,25)/t14-,15-/m0/s1. The van der Waals surface area contributed by atoms with Crippen molar-refractivity contribution in [2.75, 3.05) is 18.4 Å². The largest absolute Gasteiger partial charge is 0.322 e. The number of sulfonamides is 1. The van der Waals surface area contributed by atoms with Crippen LogP contribution in [0.5, 0.6) is 0 Å². The van der Waals surface area contributed by atoms with Crippen LogP contribution in [0.2, 0.25) is 0 Å². The van der Waals surface area contributed by atoms with Gasteiger partial charge in [0, 0.05) is 24.3 Å². The molecule has 2 atom stereocenters. The summed E-state index contributed by atoms with van der Waals surface area (Å²) in [6, 6.07) is 10.3. The number of anilines is 1. The second kappa shape index (κ2) is 8.01. The number of carbonyl (C=O) groups excluding carboxylic acids is 1. The second-order valence-corrected chi connectivity index (χ2v) is 9.65. The van der Waals surface area contributed by atoms with Crippen LogP contribution in [-0.2, 0) is 10.0 Å². The summed E-state index contributed by atoms with van der Waals surface area (Å²) >= 11 is 0. The molecule has 0 spiro atoms. The summed E-state index contributed by atoms with van der Waals surface area (Å²) in [4.78, 5) is 12.5. The lowest BCUT2D eigenvalue weighted by Gasteiger charge is -2.34. The minimum atomic E-state index is -3.59. The fourth-order valence-electron chi connectivity index (χ4n) is 3.60. The van der Waals surface area contributed by atoms with Crippen molar-refractivity contribution in [1.29, 1.82) is 0 Å². The van der Waals surface area contributed by atoms with Crippen molar-refractivity contribution in [2.45, 2.75) is 32.1 Å². The molecule has 0 aromatic heterocycles. The van der Waals surface area contributed by atoms with Gasteiger partial charge in [0.25, 0.3) is 5.91 Å². The van der Waals surface area contributed by atoms with Crippen molar-refractivity contribution >= 4 is 21.6 Å². The van der Waals surface area contributed by atoms with Crippen molar-refractivity contribution in [1.82, 2.24) is 4.31 Å². The Labute approximate surface area is 165 Å². The Morgan fingerprint density at radius 2 is 1.68 bits per heavy atom. The van der Waals surface area contributed by atoms with Gasteiger partial charge in [0.15, 0.2) is 0 Å². The maximum Gasteiger partial charge on any atom is 0.255 e. The number of piperidine rings is 1. The third kappa shape index (κ3) is 4.42. The maximum atomic E-state index is 13.6. The van der Waals surface area contributed by atoms with E-state index in [1.165, 1.54) is 34.6 Å². The molecule has 28 heavy (non-hydrogen) atoms. The van der Waals surface area contributed by atoms with Crippen LogP contribution in [0.4, 0.5) is 10.1 Å². The highest BCUT2D eigenvalue weighted by Gasteiger charge is 2.31. The Balaban J connectivity index is 1.75. The van der Waals surface area contributed by atoms with Crippen LogP contribution in [-0.4, -0.2) is 31.7 Å². The Morgan fingerprint density at radius 1 is 1.07 bits per heavy atom. The Hall–Kier alpha value is -2.25. The molecule has 1 fully saturated rings. The van der Waals surface area contributed by atoms with Gasteiger partial charge in [0.1, 0.15) is 5.82 Å². The lowest BCUT2D eigenvalue weighted by molar-refractivity contribution is 0.102. The molecule has 0 radical (unpaired) electrons. The summed E-state index contributed by atoms with van der Waals surface area (Å²) in [6.45, 7) is 6.77. The molecule has 0 unspecified atom stereocenters. The molecule has 0 bridgehead atoms. The van der Waals surface area contributed by atoms with E-state index in [4.69, 9.17) is 0 Å². The molecule has 2 aromatic carbocycles. The molecule has 7 heteroatoms. The van der Waals surface area contributed by atoms with Crippen LogP contribution in [0.15, 0.2) is 47.4 Å².